The summed E-state index contributed by atoms with van der Waals surface area (Å²) in [5.74, 6) is 0.962. The first kappa shape index (κ1) is 15.5. The largest absolute Gasteiger partial charge is 0.392 e. The van der Waals surface area contributed by atoms with Crippen LogP contribution in [0.3, 0.4) is 0 Å². The van der Waals surface area contributed by atoms with E-state index in [9.17, 15) is 8.42 Å². The van der Waals surface area contributed by atoms with E-state index in [0.29, 0.717) is 11.8 Å². The van der Waals surface area contributed by atoms with Crippen LogP contribution in [0, 0.1) is 11.8 Å². The molecular weight excluding hydrogens is 274 g/mol. The van der Waals surface area contributed by atoms with Crippen molar-refractivity contribution in [1.82, 2.24) is 4.72 Å². The van der Waals surface area contributed by atoms with E-state index in [0.717, 1.165) is 24.0 Å². The van der Waals surface area contributed by atoms with Crippen LogP contribution in [-0.4, -0.2) is 19.6 Å². The lowest BCUT2D eigenvalue weighted by molar-refractivity contribution is 0.282. The Labute approximate surface area is 121 Å². The van der Waals surface area contributed by atoms with Crippen molar-refractivity contribution in [3.05, 3.63) is 35.4 Å². The van der Waals surface area contributed by atoms with Gasteiger partial charge in [0.05, 0.1) is 12.4 Å². The third-order valence-electron chi connectivity index (χ3n) is 4.36. The molecule has 0 spiro atoms. The number of hydrogen-bond acceptors (Lipinski definition) is 3. The van der Waals surface area contributed by atoms with Crippen LogP contribution in [0.15, 0.2) is 24.3 Å². The van der Waals surface area contributed by atoms with E-state index in [2.05, 4.69) is 18.6 Å². The highest BCUT2D eigenvalue weighted by molar-refractivity contribution is 7.88. The molecule has 3 atom stereocenters. The molecule has 5 heteroatoms. The third-order valence-corrected chi connectivity index (χ3v) is 5.73. The van der Waals surface area contributed by atoms with E-state index < -0.39 is 10.0 Å². The molecule has 2 rings (SSSR count). The first-order valence-corrected chi connectivity index (χ1v) is 8.75. The molecule has 1 aromatic carbocycles. The predicted octanol–water partition coefficient (Wildman–Crippen LogP) is 2.03. The minimum atomic E-state index is -3.31. The zero-order chi connectivity index (χ0) is 14.8. The van der Waals surface area contributed by atoms with E-state index >= 15 is 0 Å². The van der Waals surface area contributed by atoms with E-state index in [1.807, 2.05) is 0 Å². The standard InChI is InChI=1S/C15H23NO3S/c1-11-3-8-15(12(11)2)16-20(18,19)10-14-6-4-13(9-17)5-7-14/h4-7,11-12,15-17H,3,8-10H2,1-2H3. The van der Waals surface area contributed by atoms with Gasteiger partial charge in [-0.05, 0) is 35.8 Å². The average Bonchev–Trinajstić information content (AvgIpc) is 2.71. The maximum absolute atomic E-state index is 12.2. The van der Waals surface area contributed by atoms with Gasteiger partial charge in [0.1, 0.15) is 0 Å². The van der Waals surface area contributed by atoms with Gasteiger partial charge in [0.25, 0.3) is 0 Å². The van der Waals surface area contributed by atoms with E-state index in [1.165, 1.54) is 0 Å². The predicted molar refractivity (Wildman–Crippen MR) is 79.5 cm³/mol. The van der Waals surface area contributed by atoms with Gasteiger partial charge in [0.15, 0.2) is 0 Å². The minimum absolute atomic E-state index is 0.00366. The van der Waals surface area contributed by atoms with Gasteiger partial charge in [-0.2, -0.15) is 0 Å². The maximum Gasteiger partial charge on any atom is 0.216 e. The summed E-state index contributed by atoms with van der Waals surface area (Å²) in [6.07, 6.45) is 2.00. The van der Waals surface area contributed by atoms with Crippen molar-refractivity contribution < 1.29 is 13.5 Å². The van der Waals surface area contributed by atoms with Gasteiger partial charge in [-0.1, -0.05) is 38.1 Å². The molecule has 0 bridgehead atoms. The zero-order valence-electron chi connectivity index (χ0n) is 12.0. The second kappa shape index (κ2) is 6.24. The van der Waals surface area contributed by atoms with Crippen LogP contribution in [0.5, 0.6) is 0 Å². The molecule has 4 nitrogen and oxygen atoms in total. The highest BCUT2D eigenvalue weighted by Crippen LogP contribution is 2.31. The second-order valence-electron chi connectivity index (χ2n) is 5.87. The number of benzene rings is 1. The van der Waals surface area contributed by atoms with Crippen molar-refractivity contribution in [2.45, 2.75) is 45.1 Å². The van der Waals surface area contributed by atoms with Crippen molar-refractivity contribution in [2.75, 3.05) is 0 Å². The van der Waals surface area contributed by atoms with Crippen LogP contribution in [0.2, 0.25) is 0 Å². The topological polar surface area (TPSA) is 66.4 Å². The minimum Gasteiger partial charge on any atom is -0.392 e. The Kier molecular flexibility index (Phi) is 4.83. The van der Waals surface area contributed by atoms with Gasteiger partial charge < -0.3 is 5.11 Å². The SMILES string of the molecule is CC1CCC(NS(=O)(=O)Cc2ccc(CO)cc2)C1C. The Hall–Kier alpha value is -0.910. The summed E-state index contributed by atoms with van der Waals surface area (Å²) in [7, 11) is -3.31. The molecule has 0 saturated heterocycles. The summed E-state index contributed by atoms with van der Waals surface area (Å²) in [4.78, 5) is 0. The molecule has 2 N–H and O–H groups in total. The lowest BCUT2D eigenvalue weighted by Crippen LogP contribution is -2.38. The van der Waals surface area contributed by atoms with Gasteiger partial charge >= 0.3 is 0 Å². The quantitative estimate of drug-likeness (QED) is 0.874. The fraction of sp³-hybridized carbons (Fsp3) is 0.600. The van der Waals surface area contributed by atoms with Crippen molar-refractivity contribution in [2.24, 2.45) is 11.8 Å². The molecule has 0 aromatic heterocycles. The molecule has 1 aliphatic rings. The molecule has 0 radical (unpaired) electrons. The maximum atomic E-state index is 12.2. The molecule has 20 heavy (non-hydrogen) atoms. The van der Waals surface area contributed by atoms with E-state index in [1.54, 1.807) is 24.3 Å². The highest BCUT2D eigenvalue weighted by atomic mass is 32.2. The normalized spacial score (nSPS) is 26.9. The molecule has 0 heterocycles. The number of sulfonamides is 1. The van der Waals surface area contributed by atoms with Gasteiger partial charge in [-0.3, -0.25) is 0 Å². The highest BCUT2D eigenvalue weighted by Gasteiger charge is 2.32. The van der Waals surface area contributed by atoms with Crippen LogP contribution in [-0.2, 0) is 22.4 Å². The van der Waals surface area contributed by atoms with Crippen LogP contribution in [0.25, 0.3) is 0 Å². The first-order valence-electron chi connectivity index (χ1n) is 7.10. The molecule has 1 aromatic rings. The summed E-state index contributed by atoms with van der Waals surface area (Å²) >= 11 is 0. The van der Waals surface area contributed by atoms with Gasteiger partial charge in [-0.25, -0.2) is 13.1 Å². The van der Waals surface area contributed by atoms with Crippen molar-refractivity contribution >= 4 is 10.0 Å². The first-order chi connectivity index (χ1) is 9.41. The fourth-order valence-corrected chi connectivity index (χ4v) is 4.27. The molecule has 0 amide bonds. The molecule has 1 fully saturated rings. The van der Waals surface area contributed by atoms with Gasteiger partial charge in [-0.15, -0.1) is 0 Å². The van der Waals surface area contributed by atoms with Crippen LogP contribution in [0.1, 0.15) is 37.8 Å². The Balaban J connectivity index is 2.00. The van der Waals surface area contributed by atoms with Gasteiger partial charge in [0.2, 0.25) is 10.0 Å². The molecule has 1 aliphatic carbocycles. The van der Waals surface area contributed by atoms with Crippen LogP contribution < -0.4 is 4.72 Å². The van der Waals surface area contributed by atoms with Crippen LogP contribution in [0.4, 0.5) is 0 Å². The molecule has 112 valence electrons. The monoisotopic (exact) mass is 297 g/mol. The Bertz CT molecular complexity index is 539. The molecular formula is C15H23NO3S. The van der Waals surface area contributed by atoms with E-state index in [4.69, 9.17) is 5.11 Å². The molecule has 1 saturated carbocycles. The zero-order valence-corrected chi connectivity index (χ0v) is 12.9. The van der Waals surface area contributed by atoms with Gasteiger partial charge in [0, 0.05) is 6.04 Å². The number of rotatable bonds is 5. The Morgan fingerprint density at radius 2 is 1.75 bits per heavy atom. The summed E-state index contributed by atoms with van der Waals surface area (Å²) in [6.45, 7) is 4.26. The molecule has 3 unspecified atom stereocenters. The number of nitrogens with one attached hydrogen (secondary N) is 1. The lowest BCUT2D eigenvalue weighted by atomic mass is 9.98. The lowest BCUT2D eigenvalue weighted by Gasteiger charge is -2.19. The summed E-state index contributed by atoms with van der Waals surface area (Å²) in [6, 6.07) is 7.08. The number of hydrogen-bond donors (Lipinski definition) is 2. The fourth-order valence-electron chi connectivity index (χ4n) is 2.76. The third kappa shape index (κ3) is 3.81. The summed E-state index contributed by atoms with van der Waals surface area (Å²) < 4.78 is 27.2. The molecule has 0 aliphatic heterocycles. The second-order valence-corrected chi connectivity index (χ2v) is 7.63. The number of aliphatic hydroxyl groups is 1. The van der Waals surface area contributed by atoms with Crippen molar-refractivity contribution in [1.29, 1.82) is 0 Å². The van der Waals surface area contributed by atoms with E-state index in [-0.39, 0.29) is 18.4 Å². The summed E-state index contributed by atoms with van der Waals surface area (Å²) in [5.41, 5.74) is 1.53. The average molecular weight is 297 g/mol. The Morgan fingerprint density at radius 3 is 2.25 bits per heavy atom. The summed E-state index contributed by atoms with van der Waals surface area (Å²) in [5, 5.41) is 8.97. The smallest absolute Gasteiger partial charge is 0.216 e. The van der Waals surface area contributed by atoms with Crippen molar-refractivity contribution in [3.63, 3.8) is 0 Å². The Morgan fingerprint density at radius 1 is 1.15 bits per heavy atom. The van der Waals surface area contributed by atoms with Crippen LogP contribution >= 0.6 is 0 Å². The van der Waals surface area contributed by atoms with Crippen molar-refractivity contribution in [3.8, 4) is 0 Å². The number of aliphatic hydroxyl groups excluding tert-OH is 1.